The van der Waals surface area contributed by atoms with Crippen molar-refractivity contribution in [3.05, 3.63) is 81.1 Å². The molecule has 0 fully saturated rings. The number of aryl methyl sites for hydroxylation is 2. The predicted molar refractivity (Wildman–Crippen MR) is 127 cm³/mol. The molecule has 0 spiro atoms. The highest BCUT2D eigenvalue weighted by molar-refractivity contribution is 8.00. The van der Waals surface area contributed by atoms with Crippen LogP contribution in [-0.4, -0.2) is 21.9 Å². The van der Waals surface area contributed by atoms with Crippen molar-refractivity contribution < 1.29 is 4.79 Å². The summed E-state index contributed by atoms with van der Waals surface area (Å²) in [4.78, 5) is 13.4. The van der Waals surface area contributed by atoms with Gasteiger partial charge < -0.3 is 4.57 Å². The number of hydrogen-bond donors (Lipinski definition) is 1. The number of nitrogens with one attached hydrogen (secondary N) is 1. The lowest BCUT2D eigenvalue weighted by molar-refractivity contribution is -0.120. The van der Waals surface area contributed by atoms with Crippen LogP contribution in [0.25, 0.3) is 5.69 Å². The number of halogens is 2. The third-order valence-corrected chi connectivity index (χ3v) is 6.37. The number of aromatic nitrogens is 1. The zero-order valence-corrected chi connectivity index (χ0v) is 19.6. The van der Waals surface area contributed by atoms with E-state index in [9.17, 15) is 4.79 Å². The molecule has 1 atom stereocenters. The number of benzene rings is 2. The second-order valence-corrected chi connectivity index (χ2v) is 9.32. The van der Waals surface area contributed by atoms with E-state index in [-0.39, 0.29) is 11.2 Å². The molecule has 1 aromatic heterocycles. The molecule has 2 aromatic carbocycles. The Hall–Kier alpha value is -2.21. The molecule has 0 bridgehead atoms. The second kappa shape index (κ2) is 9.73. The standard InChI is InChI=1S/C23H23Cl2N3OS/c1-14-5-8-20(9-6-14)30-17(4)23(29)27-26-13-18-11-15(2)28(16(18)3)22-12-19(24)7-10-21(22)25/h5-13,17H,1-4H3,(H,27,29)/b26-13-/t17-/m1/s1. The molecule has 156 valence electrons. The zero-order valence-electron chi connectivity index (χ0n) is 17.2. The molecule has 0 saturated heterocycles. The number of nitrogens with zero attached hydrogens (tertiary/aromatic N) is 2. The van der Waals surface area contributed by atoms with Crippen LogP contribution in [0.1, 0.15) is 29.4 Å². The molecular formula is C23H23Cl2N3OS. The van der Waals surface area contributed by atoms with Gasteiger partial charge in [0, 0.05) is 26.9 Å². The lowest BCUT2D eigenvalue weighted by Crippen LogP contribution is -2.26. The second-order valence-electron chi connectivity index (χ2n) is 7.06. The van der Waals surface area contributed by atoms with E-state index in [2.05, 4.69) is 10.5 Å². The molecule has 0 radical (unpaired) electrons. The molecule has 0 aliphatic rings. The van der Waals surface area contributed by atoms with Gasteiger partial charge in [0.1, 0.15) is 0 Å². The Bertz CT molecular complexity index is 1090. The third-order valence-electron chi connectivity index (χ3n) is 4.70. The maximum Gasteiger partial charge on any atom is 0.253 e. The predicted octanol–water partition coefficient (Wildman–Crippen LogP) is 6.34. The Morgan fingerprint density at radius 1 is 1.10 bits per heavy atom. The molecule has 0 saturated carbocycles. The van der Waals surface area contributed by atoms with Crippen molar-refractivity contribution in [1.29, 1.82) is 0 Å². The molecule has 7 heteroatoms. The van der Waals surface area contributed by atoms with Crippen molar-refractivity contribution in [2.24, 2.45) is 5.10 Å². The fourth-order valence-electron chi connectivity index (χ4n) is 3.08. The highest BCUT2D eigenvalue weighted by atomic mass is 35.5. The summed E-state index contributed by atoms with van der Waals surface area (Å²) in [5.74, 6) is -0.150. The maximum atomic E-state index is 12.4. The monoisotopic (exact) mass is 459 g/mol. The first kappa shape index (κ1) is 22.5. The van der Waals surface area contributed by atoms with Crippen molar-refractivity contribution in [1.82, 2.24) is 9.99 Å². The number of carbonyl (C=O) groups is 1. The van der Waals surface area contributed by atoms with Gasteiger partial charge in [0.15, 0.2) is 0 Å². The zero-order chi connectivity index (χ0) is 21.8. The molecular weight excluding hydrogens is 437 g/mol. The van der Waals surface area contributed by atoms with Crippen molar-refractivity contribution in [2.75, 3.05) is 0 Å². The highest BCUT2D eigenvalue weighted by Gasteiger charge is 2.15. The molecule has 1 N–H and O–H groups in total. The van der Waals surface area contributed by atoms with Crippen LogP contribution in [0.2, 0.25) is 10.0 Å². The van der Waals surface area contributed by atoms with Crippen molar-refractivity contribution in [3.63, 3.8) is 0 Å². The minimum atomic E-state index is -0.262. The van der Waals surface area contributed by atoms with Crippen LogP contribution in [0.15, 0.2) is 58.5 Å². The Labute approximate surface area is 191 Å². The maximum absolute atomic E-state index is 12.4. The lowest BCUT2D eigenvalue weighted by atomic mass is 10.2. The van der Waals surface area contributed by atoms with Crippen LogP contribution >= 0.6 is 35.0 Å². The number of thioether (sulfide) groups is 1. The van der Waals surface area contributed by atoms with Crippen molar-refractivity contribution >= 4 is 47.1 Å². The van der Waals surface area contributed by atoms with Crippen molar-refractivity contribution in [3.8, 4) is 5.69 Å². The highest BCUT2D eigenvalue weighted by Crippen LogP contribution is 2.28. The van der Waals surface area contributed by atoms with Gasteiger partial charge in [-0.1, -0.05) is 40.9 Å². The summed E-state index contributed by atoms with van der Waals surface area (Å²) in [6.07, 6.45) is 1.65. The first-order chi connectivity index (χ1) is 14.3. The van der Waals surface area contributed by atoms with Crippen LogP contribution in [0, 0.1) is 20.8 Å². The van der Waals surface area contributed by atoms with Gasteiger partial charge >= 0.3 is 0 Å². The summed E-state index contributed by atoms with van der Waals surface area (Å²) in [6, 6.07) is 15.5. The number of rotatable bonds is 6. The summed E-state index contributed by atoms with van der Waals surface area (Å²) in [5, 5.41) is 5.12. The van der Waals surface area contributed by atoms with Gasteiger partial charge in [0.05, 0.1) is 22.2 Å². The normalized spacial score (nSPS) is 12.3. The van der Waals surface area contributed by atoms with E-state index in [1.807, 2.05) is 68.7 Å². The summed E-state index contributed by atoms with van der Waals surface area (Å²) in [5.41, 5.74) is 7.48. The minimum Gasteiger partial charge on any atom is -0.316 e. The number of hydrogen-bond acceptors (Lipinski definition) is 3. The number of carbonyl (C=O) groups excluding carboxylic acids is 1. The van der Waals surface area contributed by atoms with E-state index in [1.54, 1.807) is 18.3 Å². The van der Waals surface area contributed by atoms with E-state index >= 15 is 0 Å². The van der Waals surface area contributed by atoms with E-state index in [4.69, 9.17) is 23.2 Å². The van der Waals surface area contributed by atoms with Crippen LogP contribution < -0.4 is 5.43 Å². The summed E-state index contributed by atoms with van der Waals surface area (Å²) >= 11 is 14.0. The van der Waals surface area contributed by atoms with E-state index in [0.29, 0.717) is 10.0 Å². The molecule has 1 heterocycles. The van der Waals surface area contributed by atoms with Gasteiger partial charge in [-0.15, -0.1) is 11.8 Å². The van der Waals surface area contributed by atoms with Gasteiger partial charge in [0.25, 0.3) is 5.91 Å². The molecule has 0 aliphatic heterocycles. The van der Waals surface area contributed by atoms with Gasteiger partial charge in [-0.2, -0.15) is 5.10 Å². The minimum absolute atomic E-state index is 0.150. The molecule has 1 amide bonds. The first-order valence-electron chi connectivity index (χ1n) is 9.47. The summed E-state index contributed by atoms with van der Waals surface area (Å²) < 4.78 is 2.02. The molecule has 0 unspecified atom stereocenters. The molecule has 4 nitrogen and oxygen atoms in total. The Morgan fingerprint density at radius 3 is 2.50 bits per heavy atom. The first-order valence-corrected chi connectivity index (χ1v) is 11.1. The molecule has 30 heavy (non-hydrogen) atoms. The largest absolute Gasteiger partial charge is 0.316 e. The van der Waals surface area contributed by atoms with Gasteiger partial charge in [-0.3, -0.25) is 4.79 Å². The average Bonchev–Trinajstić information content (AvgIpc) is 2.98. The van der Waals surface area contributed by atoms with Crippen LogP contribution in [0.4, 0.5) is 0 Å². The fraction of sp³-hybridized carbons (Fsp3) is 0.217. The van der Waals surface area contributed by atoms with Gasteiger partial charge in [-0.25, -0.2) is 5.43 Å². The van der Waals surface area contributed by atoms with E-state index in [1.165, 1.54) is 17.3 Å². The third kappa shape index (κ3) is 5.28. The van der Waals surface area contributed by atoms with E-state index in [0.717, 1.165) is 27.5 Å². The molecule has 0 aliphatic carbocycles. The van der Waals surface area contributed by atoms with Gasteiger partial charge in [-0.05, 0) is 64.1 Å². The number of hydrazone groups is 1. The van der Waals surface area contributed by atoms with Crippen LogP contribution in [-0.2, 0) is 4.79 Å². The van der Waals surface area contributed by atoms with Crippen LogP contribution in [0.3, 0.4) is 0 Å². The molecule has 3 rings (SSSR count). The van der Waals surface area contributed by atoms with E-state index < -0.39 is 0 Å². The SMILES string of the molecule is Cc1ccc(S[C@H](C)C(=O)N/N=C\c2cc(C)n(-c3cc(Cl)ccc3Cl)c2C)cc1. The average molecular weight is 460 g/mol. The number of amides is 1. The smallest absolute Gasteiger partial charge is 0.253 e. The van der Waals surface area contributed by atoms with Crippen LogP contribution in [0.5, 0.6) is 0 Å². The Morgan fingerprint density at radius 2 is 1.80 bits per heavy atom. The molecule has 3 aromatic rings. The lowest BCUT2D eigenvalue weighted by Gasteiger charge is -2.12. The quantitative estimate of drug-likeness (QED) is 0.265. The Balaban J connectivity index is 1.70. The van der Waals surface area contributed by atoms with Crippen molar-refractivity contribution in [2.45, 2.75) is 37.8 Å². The Kier molecular flexibility index (Phi) is 7.29. The topological polar surface area (TPSA) is 46.4 Å². The van der Waals surface area contributed by atoms with Gasteiger partial charge in [0.2, 0.25) is 0 Å². The summed E-state index contributed by atoms with van der Waals surface area (Å²) in [7, 11) is 0. The fourth-order valence-corrected chi connectivity index (χ4v) is 4.31. The summed E-state index contributed by atoms with van der Waals surface area (Å²) in [6.45, 7) is 7.86.